The van der Waals surface area contributed by atoms with Gasteiger partial charge in [-0.3, -0.25) is 14.0 Å². The highest BCUT2D eigenvalue weighted by Gasteiger charge is 2.31. The van der Waals surface area contributed by atoms with E-state index in [-0.39, 0.29) is 17.8 Å². The standard InChI is InChI=1S/C21H23N3O3S/c1-3-27-20(26)16-10-7-11-23(12-16)19(25)18-14(2)24-13-17(22-21(24)28-18)15-8-5-4-6-9-15/h4-6,8-9,13,16H,3,7,10-12H2,1-2H3/t16-/m0/s1. The number of aryl methyl sites for hydroxylation is 1. The van der Waals surface area contributed by atoms with Crippen molar-refractivity contribution in [3.63, 3.8) is 0 Å². The molecule has 0 N–H and O–H groups in total. The lowest BCUT2D eigenvalue weighted by Crippen LogP contribution is -2.42. The summed E-state index contributed by atoms with van der Waals surface area (Å²) in [6.07, 6.45) is 3.57. The van der Waals surface area contributed by atoms with E-state index in [9.17, 15) is 9.59 Å². The van der Waals surface area contributed by atoms with Gasteiger partial charge in [0, 0.05) is 30.5 Å². The fourth-order valence-electron chi connectivity index (χ4n) is 3.65. The molecule has 1 amide bonds. The minimum Gasteiger partial charge on any atom is -0.466 e. The number of fused-ring (bicyclic) bond motifs is 1. The van der Waals surface area contributed by atoms with Crippen LogP contribution in [0.4, 0.5) is 0 Å². The highest BCUT2D eigenvalue weighted by molar-refractivity contribution is 7.19. The number of imidazole rings is 1. The predicted molar refractivity (Wildman–Crippen MR) is 109 cm³/mol. The lowest BCUT2D eigenvalue weighted by molar-refractivity contribution is -0.149. The average molecular weight is 398 g/mol. The van der Waals surface area contributed by atoms with E-state index < -0.39 is 0 Å². The Balaban J connectivity index is 1.57. The monoisotopic (exact) mass is 397 g/mol. The number of carbonyl (C=O) groups is 2. The summed E-state index contributed by atoms with van der Waals surface area (Å²) in [6, 6.07) is 10.0. The molecule has 1 fully saturated rings. The van der Waals surface area contributed by atoms with Crippen molar-refractivity contribution in [2.24, 2.45) is 5.92 Å². The van der Waals surface area contributed by atoms with Crippen LogP contribution in [0.2, 0.25) is 0 Å². The molecule has 1 aliphatic heterocycles. The molecule has 1 aliphatic rings. The highest BCUT2D eigenvalue weighted by atomic mass is 32.1. The minimum absolute atomic E-state index is 0.0248. The van der Waals surface area contributed by atoms with E-state index in [1.807, 2.05) is 47.9 Å². The number of likely N-dealkylation sites (tertiary alicyclic amines) is 1. The Morgan fingerprint density at radius 3 is 2.79 bits per heavy atom. The van der Waals surface area contributed by atoms with E-state index in [1.54, 1.807) is 11.8 Å². The van der Waals surface area contributed by atoms with Gasteiger partial charge in [-0.15, -0.1) is 0 Å². The SMILES string of the molecule is CCOC(=O)[C@H]1CCCN(C(=O)c2sc3nc(-c4ccccc4)cn3c2C)C1. The second-order valence-corrected chi connectivity index (χ2v) is 7.98. The van der Waals surface area contributed by atoms with Crippen molar-refractivity contribution in [3.8, 4) is 11.3 Å². The molecular weight excluding hydrogens is 374 g/mol. The molecule has 0 unspecified atom stereocenters. The molecule has 3 aromatic rings. The Morgan fingerprint density at radius 2 is 2.07 bits per heavy atom. The summed E-state index contributed by atoms with van der Waals surface area (Å²) in [6.45, 7) is 5.21. The Bertz CT molecular complexity index is 1010. The number of aromatic nitrogens is 2. The molecule has 3 heterocycles. The van der Waals surface area contributed by atoms with E-state index in [4.69, 9.17) is 9.72 Å². The zero-order chi connectivity index (χ0) is 19.7. The largest absolute Gasteiger partial charge is 0.466 e. The van der Waals surface area contributed by atoms with Crippen molar-refractivity contribution in [1.29, 1.82) is 0 Å². The number of hydrogen-bond donors (Lipinski definition) is 0. The number of thiazole rings is 1. The number of esters is 1. The molecular formula is C21H23N3O3S. The van der Waals surface area contributed by atoms with Crippen LogP contribution in [0.15, 0.2) is 36.5 Å². The van der Waals surface area contributed by atoms with Gasteiger partial charge in [0.2, 0.25) is 0 Å². The maximum Gasteiger partial charge on any atom is 0.310 e. The first-order chi connectivity index (χ1) is 13.6. The fourth-order valence-corrected chi connectivity index (χ4v) is 4.73. The summed E-state index contributed by atoms with van der Waals surface area (Å²) in [4.78, 5) is 33.1. The van der Waals surface area contributed by atoms with Crippen molar-refractivity contribution in [1.82, 2.24) is 14.3 Å². The summed E-state index contributed by atoms with van der Waals surface area (Å²) < 4.78 is 7.12. The number of hydrogen-bond acceptors (Lipinski definition) is 5. The van der Waals surface area contributed by atoms with Crippen LogP contribution in [0.1, 0.15) is 35.1 Å². The zero-order valence-corrected chi connectivity index (χ0v) is 16.9. The molecule has 0 radical (unpaired) electrons. The van der Waals surface area contributed by atoms with Gasteiger partial charge in [0.05, 0.1) is 18.2 Å². The molecule has 1 aromatic carbocycles. The lowest BCUT2D eigenvalue weighted by Gasteiger charge is -2.31. The molecule has 1 saturated heterocycles. The van der Waals surface area contributed by atoms with Gasteiger partial charge >= 0.3 is 5.97 Å². The summed E-state index contributed by atoms with van der Waals surface area (Å²) in [5.41, 5.74) is 2.84. The average Bonchev–Trinajstić information content (AvgIpc) is 3.28. The van der Waals surface area contributed by atoms with Crippen LogP contribution in [0.25, 0.3) is 16.2 Å². The van der Waals surface area contributed by atoms with Gasteiger partial charge in [0.1, 0.15) is 4.88 Å². The molecule has 6 nitrogen and oxygen atoms in total. The quantitative estimate of drug-likeness (QED) is 0.629. The van der Waals surface area contributed by atoms with Gasteiger partial charge in [-0.25, -0.2) is 4.98 Å². The number of piperidine rings is 1. The Hall–Kier alpha value is -2.67. The van der Waals surface area contributed by atoms with Crippen molar-refractivity contribution in [2.45, 2.75) is 26.7 Å². The first-order valence-electron chi connectivity index (χ1n) is 9.58. The number of nitrogens with zero attached hydrogens (tertiary/aromatic N) is 3. The third kappa shape index (κ3) is 3.42. The van der Waals surface area contributed by atoms with Crippen molar-refractivity contribution in [3.05, 3.63) is 47.1 Å². The third-order valence-corrected chi connectivity index (χ3v) is 6.29. The van der Waals surface area contributed by atoms with Gasteiger partial charge in [-0.2, -0.15) is 0 Å². The molecule has 7 heteroatoms. The van der Waals surface area contributed by atoms with E-state index in [1.165, 1.54) is 11.3 Å². The summed E-state index contributed by atoms with van der Waals surface area (Å²) in [5, 5.41) is 0. The summed E-state index contributed by atoms with van der Waals surface area (Å²) >= 11 is 1.41. The molecule has 28 heavy (non-hydrogen) atoms. The molecule has 0 bridgehead atoms. The smallest absolute Gasteiger partial charge is 0.310 e. The number of carbonyl (C=O) groups excluding carboxylic acids is 2. The van der Waals surface area contributed by atoms with Crippen LogP contribution in [0, 0.1) is 12.8 Å². The van der Waals surface area contributed by atoms with Crippen molar-refractivity contribution >= 4 is 28.2 Å². The number of ether oxygens (including phenoxy) is 1. The molecule has 4 rings (SSSR count). The first-order valence-corrected chi connectivity index (χ1v) is 10.4. The highest BCUT2D eigenvalue weighted by Crippen LogP contribution is 2.29. The van der Waals surface area contributed by atoms with Crippen LogP contribution < -0.4 is 0 Å². The number of amides is 1. The maximum absolute atomic E-state index is 13.1. The first kappa shape index (κ1) is 18.7. The Morgan fingerprint density at radius 1 is 1.29 bits per heavy atom. The number of benzene rings is 1. The molecule has 0 saturated carbocycles. The number of rotatable bonds is 4. The second kappa shape index (κ2) is 7.75. The van der Waals surface area contributed by atoms with E-state index in [0.717, 1.165) is 34.8 Å². The van der Waals surface area contributed by atoms with E-state index in [0.29, 0.717) is 24.6 Å². The van der Waals surface area contributed by atoms with Crippen molar-refractivity contribution < 1.29 is 14.3 Å². The molecule has 146 valence electrons. The molecule has 1 atom stereocenters. The minimum atomic E-state index is -0.230. The van der Waals surface area contributed by atoms with Crippen LogP contribution in [-0.4, -0.2) is 45.9 Å². The van der Waals surface area contributed by atoms with Gasteiger partial charge < -0.3 is 9.64 Å². The van der Waals surface area contributed by atoms with Crippen LogP contribution >= 0.6 is 11.3 Å². The molecule has 0 aliphatic carbocycles. The summed E-state index contributed by atoms with van der Waals surface area (Å²) in [7, 11) is 0. The second-order valence-electron chi connectivity index (χ2n) is 7.00. The third-order valence-electron chi connectivity index (χ3n) is 5.15. The Kier molecular flexibility index (Phi) is 5.17. The Labute approximate surface area is 167 Å². The molecule has 2 aromatic heterocycles. The van der Waals surface area contributed by atoms with Gasteiger partial charge in [-0.05, 0) is 26.7 Å². The van der Waals surface area contributed by atoms with Gasteiger partial charge in [0.25, 0.3) is 5.91 Å². The summed E-state index contributed by atoms with van der Waals surface area (Å²) in [5.74, 6) is -0.458. The lowest BCUT2D eigenvalue weighted by atomic mass is 9.98. The normalized spacial score (nSPS) is 17.1. The van der Waals surface area contributed by atoms with Crippen LogP contribution in [0.5, 0.6) is 0 Å². The predicted octanol–water partition coefficient (Wildman–Crippen LogP) is 3.79. The topological polar surface area (TPSA) is 63.9 Å². The molecule has 0 spiro atoms. The van der Waals surface area contributed by atoms with Crippen LogP contribution in [-0.2, 0) is 9.53 Å². The van der Waals surface area contributed by atoms with Crippen molar-refractivity contribution in [2.75, 3.05) is 19.7 Å². The van der Waals surface area contributed by atoms with Gasteiger partial charge in [0.15, 0.2) is 4.96 Å². The van der Waals surface area contributed by atoms with E-state index in [2.05, 4.69) is 0 Å². The van der Waals surface area contributed by atoms with Crippen LogP contribution in [0.3, 0.4) is 0 Å². The maximum atomic E-state index is 13.1. The van der Waals surface area contributed by atoms with Gasteiger partial charge in [-0.1, -0.05) is 41.7 Å². The zero-order valence-electron chi connectivity index (χ0n) is 16.1. The fraction of sp³-hybridized carbons (Fsp3) is 0.381. The van der Waals surface area contributed by atoms with E-state index >= 15 is 0 Å².